The molecular formula is C18H23FN2O2. The Hall–Kier alpha value is -2.30. The Morgan fingerprint density at radius 2 is 2.00 bits per heavy atom. The summed E-state index contributed by atoms with van der Waals surface area (Å²) in [5.74, 6) is -0.663. The average molecular weight is 318 g/mol. The molecule has 124 valence electrons. The highest BCUT2D eigenvalue weighted by molar-refractivity contribution is 5.77. The quantitative estimate of drug-likeness (QED) is 0.885. The first-order chi connectivity index (χ1) is 10.9. The molecule has 1 aromatic carbocycles. The van der Waals surface area contributed by atoms with Crippen molar-refractivity contribution in [3.05, 3.63) is 53.1 Å². The van der Waals surface area contributed by atoms with Crippen LogP contribution in [0.3, 0.4) is 0 Å². The monoisotopic (exact) mass is 318 g/mol. The molecule has 0 radical (unpaired) electrons. The molecular weight excluding hydrogens is 295 g/mol. The molecule has 0 unspecified atom stereocenters. The summed E-state index contributed by atoms with van der Waals surface area (Å²) in [4.78, 5) is 11.9. The van der Waals surface area contributed by atoms with Gasteiger partial charge in [0.2, 0.25) is 0 Å². The molecule has 2 rings (SSSR count). The van der Waals surface area contributed by atoms with Gasteiger partial charge in [0.05, 0.1) is 0 Å². The number of carbonyl (C=O) groups is 1. The third kappa shape index (κ3) is 4.12. The van der Waals surface area contributed by atoms with Crippen LogP contribution in [0.4, 0.5) is 4.39 Å². The summed E-state index contributed by atoms with van der Waals surface area (Å²) < 4.78 is 20.8. The summed E-state index contributed by atoms with van der Waals surface area (Å²) in [6.45, 7) is 8.59. The van der Waals surface area contributed by atoms with Crippen molar-refractivity contribution in [1.82, 2.24) is 9.88 Å². The standard InChI is InChI=1S/C18H23FN2O2/c1-12(2)21-13(3)9-15(14(21)4)10-20-18(22)11-23-17-8-6-5-7-16(17)19/h5-9,12H,10-11H2,1-4H3,(H,20,22). The van der Waals surface area contributed by atoms with E-state index in [9.17, 15) is 9.18 Å². The van der Waals surface area contributed by atoms with Crippen molar-refractivity contribution in [3.63, 3.8) is 0 Å². The molecule has 1 amide bonds. The lowest BCUT2D eigenvalue weighted by atomic mass is 10.2. The Morgan fingerprint density at radius 1 is 1.30 bits per heavy atom. The van der Waals surface area contributed by atoms with Crippen molar-refractivity contribution < 1.29 is 13.9 Å². The predicted molar refractivity (Wildman–Crippen MR) is 88.0 cm³/mol. The van der Waals surface area contributed by atoms with Gasteiger partial charge in [0, 0.05) is 24.0 Å². The van der Waals surface area contributed by atoms with Gasteiger partial charge in [0.1, 0.15) is 0 Å². The van der Waals surface area contributed by atoms with Crippen molar-refractivity contribution in [2.75, 3.05) is 6.61 Å². The maximum Gasteiger partial charge on any atom is 0.258 e. The zero-order valence-electron chi connectivity index (χ0n) is 14.0. The fourth-order valence-corrected chi connectivity index (χ4v) is 2.77. The fraction of sp³-hybridized carbons (Fsp3) is 0.389. The lowest BCUT2D eigenvalue weighted by Gasteiger charge is -2.14. The first kappa shape index (κ1) is 17.1. The van der Waals surface area contributed by atoms with E-state index in [-0.39, 0.29) is 18.3 Å². The zero-order chi connectivity index (χ0) is 17.0. The van der Waals surface area contributed by atoms with E-state index in [0.29, 0.717) is 12.6 Å². The number of hydrogen-bond acceptors (Lipinski definition) is 2. The first-order valence-corrected chi connectivity index (χ1v) is 7.71. The number of nitrogens with one attached hydrogen (secondary N) is 1. The Kier molecular flexibility index (Phi) is 5.42. The van der Waals surface area contributed by atoms with Crippen molar-refractivity contribution in [3.8, 4) is 5.75 Å². The number of para-hydroxylation sites is 1. The number of benzene rings is 1. The zero-order valence-corrected chi connectivity index (χ0v) is 14.0. The number of nitrogens with zero attached hydrogens (tertiary/aromatic N) is 1. The first-order valence-electron chi connectivity index (χ1n) is 7.71. The average Bonchev–Trinajstić information content (AvgIpc) is 2.78. The van der Waals surface area contributed by atoms with Gasteiger partial charge < -0.3 is 14.6 Å². The Bertz CT molecular complexity index is 692. The van der Waals surface area contributed by atoms with Gasteiger partial charge in [-0.05, 0) is 51.5 Å². The fourth-order valence-electron chi connectivity index (χ4n) is 2.77. The second kappa shape index (κ2) is 7.31. The maximum absolute atomic E-state index is 13.4. The van der Waals surface area contributed by atoms with Crippen molar-refractivity contribution in [2.24, 2.45) is 0 Å². The maximum atomic E-state index is 13.4. The van der Waals surface area contributed by atoms with E-state index in [2.05, 4.69) is 36.7 Å². The number of hydrogen-bond donors (Lipinski definition) is 1. The summed E-state index contributed by atoms with van der Waals surface area (Å²) in [5.41, 5.74) is 3.40. The normalized spacial score (nSPS) is 10.9. The van der Waals surface area contributed by atoms with E-state index in [1.165, 1.54) is 17.8 Å². The number of rotatable bonds is 6. The van der Waals surface area contributed by atoms with E-state index >= 15 is 0 Å². The molecule has 0 fully saturated rings. The molecule has 4 nitrogen and oxygen atoms in total. The minimum absolute atomic E-state index is 0.0839. The van der Waals surface area contributed by atoms with Gasteiger partial charge in [-0.3, -0.25) is 4.79 Å². The van der Waals surface area contributed by atoms with Crippen LogP contribution in [0.25, 0.3) is 0 Å². The minimum Gasteiger partial charge on any atom is -0.481 e. The number of aryl methyl sites for hydroxylation is 1. The van der Waals surface area contributed by atoms with Crippen LogP contribution in [0.2, 0.25) is 0 Å². The van der Waals surface area contributed by atoms with Gasteiger partial charge in [-0.15, -0.1) is 0 Å². The molecule has 1 N–H and O–H groups in total. The van der Waals surface area contributed by atoms with Gasteiger partial charge in [0.15, 0.2) is 18.2 Å². The van der Waals surface area contributed by atoms with Gasteiger partial charge >= 0.3 is 0 Å². The Morgan fingerprint density at radius 3 is 2.61 bits per heavy atom. The number of amides is 1. The number of halogens is 1. The van der Waals surface area contributed by atoms with E-state index in [4.69, 9.17) is 4.74 Å². The molecule has 2 aromatic rings. The summed E-state index contributed by atoms with van der Waals surface area (Å²) in [6, 6.07) is 8.49. The smallest absolute Gasteiger partial charge is 0.258 e. The molecule has 0 spiro atoms. The van der Waals surface area contributed by atoms with E-state index < -0.39 is 5.82 Å². The van der Waals surface area contributed by atoms with Crippen LogP contribution in [0, 0.1) is 19.7 Å². The Labute approximate surface area is 136 Å². The summed E-state index contributed by atoms with van der Waals surface area (Å²) in [5, 5.41) is 2.81. The molecule has 0 aliphatic rings. The van der Waals surface area contributed by atoms with Crippen molar-refractivity contribution in [2.45, 2.75) is 40.3 Å². The largest absolute Gasteiger partial charge is 0.481 e. The lowest BCUT2D eigenvalue weighted by molar-refractivity contribution is -0.123. The van der Waals surface area contributed by atoms with Gasteiger partial charge in [0.25, 0.3) is 5.91 Å². The minimum atomic E-state index is -0.472. The van der Waals surface area contributed by atoms with Crippen LogP contribution >= 0.6 is 0 Å². The summed E-state index contributed by atoms with van der Waals surface area (Å²) in [6.07, 6.45) is 0. The summed E-state index contributed by atoms with van der Waals surface area (Å²) in [7, 11) is 0. The molecule has 1 heterocycles. The van der Waals surface area contributed by atoms with Crippen molar-refractivity contribution >= 4 is 5.91 Å². The third-order valence-corrected chi connectivity index (χ3v) is 3.78. The number of carbonyl (C=O) groups excluding carboxylic acids is 1. The lowest BCUT2D eigenvalue weighted by Crippen LogP contribution is -2.28. The molecule has 23 heavy (non-hydrogen) atoms. The topological polar surface area (TPSA) is 43.3 Å². The highest BCUT2D eigenvalue weighted by atomic mass is 19.1. The number of ether oxygens (including phenoxy) is 1. The van der Waals surface area contributed by atoms with Gasteiger partial charge in [-0.2, -0.15) is 0 Å². The van der Waals surface area contributed by atoms with Gasteiger partial charge in [-0.25, -0.2) is 4.39 Å². The second-order valence-electron chi connectivity index (χ2n) is 5.86. The second-order valence-corrected chi connectivity index (χ2v) is 5.86. The van der Waals surface area contributed by atoms with E-state index in [1.54, 1.807) is 12.1 Å². The molecule has 0 bridgehead atoms. The Balaban J connectivity index is 1.90. The SMILES string of the molecule is Cc1cc(CNC(=O)COc2ccccc2F)c(C)n1C(C)C. The third-order valence-electron chi connectivity index (χ3n) is 3.78. The van der Waals surface area contributed by atoms with Crippen LogP contribution < -0.4 is 10.1 Å². The van der Waals surface area contributed by atoms with Gasteiger partial charge in [-0.1, -0.05) is 12.1 Å². The van der Waals surface area contributed by atoms with Crippen LogP contribution in [0.15, 0.2) is 30.3 Å². The molecule has 0 saturated carbocycles. The molecule has 0 aliphatic carbocycles. The molecule has 0 aliphatic heterocycles. The highest BCUT2D eigenvalue weighted by Gasteiger charge is 2.12. The van der Waals surface area contributed by atoms with Crippen LogP contribution in [0.5, 0.6) is 5.75 Å². The predicted octanol–water partition coefficient (Wildman–Crippen LogP) is 3.52. The summed E-state index contributed by atoms with van der Waals surface area (Å²) >= 11 is 0. The van der Waals surface area contributed by atoms with Crippen LogP contribution in [-0.2, 0) is 11.3 Å². The van der Waals surface area contributed by atoms with Crippen molar-refractivity contribution in [1.29, 1.82) is 0 Å². The van der Waals surface area contributed by atoms with Crippen LogP contribution in [0.1, 0.15) is 36.8 Å². The highest BCUT2D eigenvalue weighted by Crippen LogP contribution is 2.20. The molecule has 0 atom stereocenters. The van der Waals surface area contributed by atoms with Crippen LogP contribution in [-0.4, -0.2) is 17.1 Å². The molecule has 1 aromatic heterocycles. The molecule has 5 heteroatoms. The van der Waals surface area contributed by atoms with E-state index in [0.717, 1.165) is 11.3 Å². The van der Waals surface area contributed by atoms with E-state index in [1.807, 2.05) is 6.92 Å². The molecule has 0 saturated heterocycles. The number of aromatic nitrogens is 1.